The molecule has 0 saturated carbocycles. The van der Waals surface area contributed by atoms with Crippen LogP contribution in [0.15, 0.2) is 18.2 Å². The Bertz CT molecular complexity index is 784. The third-order valence-corrected chi connectivity index (χ3v) is 5.59. The average molecular weight is 353 g/mol. The average Bonchev–Trinajstić information content (AvgIpc) is 2.57. The van der Waals surface area contributed by atoms with Gasteiger partial charge in [-0.15, -0.1) is 0 Å². The zero-order valence-corrected chi connectivity index (χ0v) is 14.4. The van der Waals surface area contributed by atoms with Crippen molar-refractivity contribution < 1.29 is 22.7 Å². The highest BCUT2D eigenvalue weighted by Gasteiger charge is 2.28. The third-order valence-electron chi connectivity index (χ3n) is 4.29. The van der Waals surface area contributed by atoms with Crippen LogP contribution in [-0.2, 0) is 14.8 Å². The molecule has 1 aromatic carbocycles. The predicted octanol–water partition coefficient (Wildman–Crippen LogP) is -0.241. The topological polar surface area (TPSA) is 87.2 Å². The predicted molar refractivity (Wildman–Crippen MR) is 87.7 cm³/mol. The molecule has 9 heteroatoms. The van der Waals surface area contributed by atoms with E-state index in [9.17, 15) is 18.0 Å². The van der Waals surface area contributed by atoms with Gasteiger partial charge >= 0.3 is 0 Å². The number of hydrogen-bond donors (Lipinski definition) is 0. The zero-order chi connectivity index (χ0) is 17.5. The Morgan fingerprint density at radius 3 is 2.46 bits per heavy atom. The van der Waals surface area contributed by atoms with Gasteiger partial charge in [0.15, 0.2) is 6.61 Å². The number of rotatable bonds is 2. The van der Waals surface area contributed by atoms with Crippen LogP contribution in [0.5, 0.6) is 5.75 Å². The fraction of sp³-hybridized carbons (Fsp3) is 0.467. The van der Waals surface area contributed by atoms with Crippen LogP contribution in [0.4, 0.5) is 5.69 Å². The zero-order valence-electron chi connectivity index (χ0n) is 13.6. The van der Waals surface area contributed by atoms with Crippen molar-refractivity contribution in [2.75, 3.05) is 51.0 Å². The van der Waals surface area contributed by atoms with E-state index >= 15 is 0 Å². The van der Waals surface area contributed by atoms with E-state index < -0.39 is 10.0 Å². The second-order valence-corrected chi connectivity index (χ2v) is 7.86. The van der Waals surface area contributed by atoms with Gasteiger partial charge in [0.1, 0.15) is 5.75 Å². The highest BCUT2D eigenvalue weighted by Crippen LogP contribution is 2.32. The smallest absolute Gasteiger partial charge is 0.264 e. The van der Waals surface area contributed by atoms with E-state index in [-0.39, 0.29) is 31.5 Å². The molecular weight excluding hydrogens is 334 g/mol. The Hall–Kier alpha value is -2.13. The first-order valence-electron chi connectivity index (χ1n) is 7.55. The highest BCUT2D eigenvalue weighted by atomic mass is 32.2. The highest BCUT2D eigenvalue weighted by molar-refractivity contribution is 7.88. The minimum Gasteiger partial charge on any atom is -0.482 e. The molecule has 24 heavy (non-hydrogen) atoms. The summed E-state index contributed by atoms with van der Waals surface area (Å²) in [4.78, 5) is 27.4. The lowest BCUT2D eigenvalue weighted by Crippen LogP contribution is -2.50. The first-order valence-corrected chi connectivity index (χ1v) is 9.40. The van der Waals surface area contributed by atoms with Crippen LogP contribution in [0.25, 0.3) is 0 Å². The van der Waals surface area contributed by atoms with Crippen LogP contribution in [0.3, 0.4) is 0 Å². The molecule has 0 radical (unpaired) electrons. The van der Waals surface area contributed by atoms with Gasteiger partial charge in [-0.3, -0.25) is 9.59 Å². The van der Waals surface area contributed by atoms with Gasteiger partial charge in [0.2, 0.25) is 10.0 Å². The molecule has 2 amide bonds. The van der Waals surface area contributed by atoms with Gasteiger partial charge in [-0.1, -0.05) is 0 Å². The number of anilines is 1. The summed E-state index contributed by atoms with van der Waals surface area (Å²) in [5, 5.41) is 0. The van der Waals surface area contributed by atoms with Crippen LogP contribution in [0, 0.1) is 0 Å². The number of carbonyl (C=O) groups excluding carboxylic acids is 2. The normalized spacial score (nSPS) is 19.0. The lowest BCUT2D eigenvalue weighted by molar-refractivity contribution is -0.120. The van der Waals surface area contributed by atoms with Crippen molar-refractivity contribution in [3.8, 4) is 5.75 Å². The standard InChI is InChI=1S/C15H19N3O5S/c1-16-12-9-11(3-4-13(12)23-10-14(16)19)15(20)17-5-7-18(8-6-17)24(2,21)22/h3-4,9H,5-8,10H2,1-2H3. The number of amides is 2. The first-order chi connectivity index (χ1) is 11.3. The summed E-state index contributed by atoms with van der Waals surface area (Å²) >= 11 is 0. The van der Waals surface area contributed by atoms with E-state index in [0.717, 1.165) is 0 Å². The summed E-state index contributed by atoms with van der Waals surface area (Å²) in [6, 6.07) is 4.98. The quantitative estimate of drug-likeness (QED) is 0.732. The number of ether oxygens (including phenoxy) is 1. The number of nitrogens with zero attached hydrogens (tertiary/aromatic N) is 3. The lowest BCUT2D eigenvalue weighted by Gasteiger charge is -2.33. The molecular formula is C15H19N3O5S. The molecule has 0 bridgehead atoms. The van der Waals surface area contributed by atoms with E-state index in [0.29, 0.717) is 30.1 Å². The van der Waals surface area contributed by atoms with E-state index in [1.165, 1.54) is 15.5 Å². The SMILES string of the molecule is CN1C(=O)COc2ccc(C(=O)N3CCN(S(C)(=O)=O)CC3)cc21. The van der Waals surface area contributed by atoms with Crippen molar-refractivity contribution in [1.29, 1.82) is 0 Å². The minimum atomic E-state index is -3.23. The van der Waals surface area contributed by atoms with Crippen molar-refractivity contribution in [2.45, 2.75) is 0 Å². The summed E-state index contributed by atoms with van der Waals surface area (Å²) in [7, 11) is -1.59. The van der Waals surface area contributed by atoms with Crippen LogP contribution in [0.2, 0.25) is 0 Å². The van der Waals surface area contributed by atoms with Gasteiger partial charge in [-0.25, -0.2) is 8.42 Å². The van der Waals surface area contributed by atoms with Gasteiger partial charge in [0, 0.05) is 38.8 Å². The van der Waals surface area contributed by atoms with Crippen molar-refractivity contribution in [3.05, 3.63) is 23.8 Å². The molecule has 0 N–H and O–H groups in total. The van der Waals surface area contributed by atoms with Crippen LogP contribution in [0.1, 0.15) is 10.4 Å². The van der Waals surface area contributed by atoms with Crippen molar-refractivity contribution in [3.63, 3.8) is 0 Å². The summed E-state index contributed by atoms with van der Waals surface area (Å²) in [5.74, 6) is 0.210. The molecule has 1 fully saturated rings. The number of sulfonamides is 1. The maximum absolute atomic E-state index is 12.6. The van der Waals surface area contributed by atoms with Crippen LogP contribution in [-0.4, -0.2) is 75.5 Å². The molecule has 0 aromatic heterocycles. The number of piperazine rings is 1. The van der Waals surface area contributed by atoms with E-state index in [4.69, 9.17) is 4.74 Å². The lowest BCUT2D eigenvalue weighted by atomic mass is 10.1. The Kier molecular flexibility index (Phi) is 4.22. The largest absolute Gasteiger partial charge is 0.482 e. The molecule has 3 rings (SSSR count). The summed E-state index contributed by atoms with van der Waals surface area (Å²) < 4.78 is 29.8. The Labute approximate surface area is 140 Å². The number of benzene rings is 1. The summed E-state index contributed by atoms with van der Waals surface area (Å²) in [5.41, 5.74) is 1.01. The molecule has 1 saturated heterocycles. The van der Waals surface area contributed by atoms with Crippen molar-refractivity contribution in [2.24, 2.45) is 0 Å². The molecule has 1 aromatic rings. The molecule has 0 unspecified atom stereocenters. The fourth-order valence-electron chi connectivity index (χ4n) is 2.81. The molecule has 0 atom stereocenters. The van der Waals surface area contributed by atoms with E-state index in [2.05, 4.69) is 0 Å². The number of likely N-dealkylation sites (N-methyl/N-ethyl adjacent to an activating group) is 1. The maximum atomic E-state index is 12.6. The number of hydrogen-bond acceptors (Lipinski definition) is 5. The second kappa shape index (κ2) is 6.06. The van der Waals surface area contributed by atoms with Crippen LogP contribution < -0.4 is 9.64 Å². The third kappa shape index (κ3) is 3.09. The van der Waals surface area contributed by atoms with Crippen molar-refractivity contribution >= 4 is 27.5 Å². The Balaban J connectivity index is 1.76. The van der Waals surface area contributed by atoms with Gasteiger partial charge in [0.05, 0.1) is 11.9 Å². The molecule has 2 heterocycles. The number of fused-ring (bicyclic) bond motifs is 1. The Morgan fingerprint density at radius 2 is 1.83 bits per heavy atom. The van der Waals surface area contributed by atoms with E-state index in [1.54, 1.807) is 30.1 Å². The summed E-state index contributed by atoms with van der Waals surface area (Å²) in [6.07, 6.45) is 1.17. The number of carbonyl (C=O) groups is 2. The van der Waals surface area contributed by atoms with Crippen molar-refractivity contribution in [1.82, 2.24) is 9.21 Å². The molecule has 0 spiro atoms. The maximum Gasteiger partial charge on any atom is 0.264 e. The van der Waals surface area contributed by atoms with Gasteiger partial charge in [0.25, 0.3) is 11.8 Å². The van der Waals surface area contributed by atoms with Gasteiger partial charge in [-0.2, -0.15) is 4.31 Å². The molecule has 8 nitrogen and oxygen atoms in total. The summed E-state index contributed by atoms with van der Waals surface area (Å²) in [6.45, 7) is 1.25. The molecule has 2 aliphatic rings. The second-order valence-electron chi connectivity index (χ2n) is 5.88. The fourth-order valence-corrected chi connectivity index (χ4v) is 3.64. The molecule has 130 valence electrons. The molecule has 2 aliphatic heterocycles. The van der Waals surface area contributed by atoms with Gasteiger partial charge in [-0.05, 0) is 18.2 Å². The van der Waals surface area contributed by atoms with Crippen LogP contribution >= 0.6 is 0 Å². The molecule has 0 aliphatic carbocycles. The first kappa shape index (κ1) is 16.7. The minimum absolute atomic E-state index is 0.00968. The Morgan fingerprint density at radius 1 is 1.17 bits per heavy atom. The van der Waals surface area contributed by atoms with Gasteiger partial charge < -0.3 is 14.5 Å². The monoisotopic (exact) mass is 353 g/mol. The van der Waals surface area contributed by atoms with E-state index in [1.807, 2.05) is 0 Å².